The first-order valence-corrected chi connectivity index (χ1v) is 13.1. The van der Waals surface area contributed by atoms with E-state index in [4.69, 9.17) is 14.2 Å². The first-order chi connectivity index (χ1) is 18.6. The van der Waals surface area contributed by atoms with E-state index in [2.05, 4.69) is 0 Å². The van der Waals surface area contributed by atoms with Gasteiger partial charge in [0.15, 0.2) is 6.29 Å². The Morgan fingerprint density at radius 2 is 1.20 bits per heavy atom. The van der Waals surface area contributed by atoms with Gasteiger partial charge in [0.25, 0.3) is 5.69 Å². The second kappa shape index (κ2) is 14.4. The maximum absolute atomic E-state index is 12.7. The Balaban J connectivity index is 3.30. The number of phenolic OH excluding ortho intramolecular Hbond substituents is 1. The lowest BCUT2D eigenvalue weighted by atomic mass is 10.1. The summed E-state index contributed by atoms with van der Waals surface area (Å²) in [6.45, 7) is 14.5. The number of aldehydes is 1. The van der Waals surface area contributed by atoms with Gasteiger partial charge in [-0.1, -0.05) is 0 Å². The molecule has 0 unspecified atom stereocenters. The number of hydrogen-bond acceptors (Lipinski definition) is 12. The van der Waals surface area contributed by atoms with Crippen molar-refractivity contribution in [3.05, 3.63) is 33.4 Å². The molecule has 1 aromatic carbocycles. The Labute approximate surface area is 240 Å². The van der Waals surface area contributed by atoms with Crippen LogP contribution in [-0.2, 0) is 35.1 Å². The molecule has 0 atom stereocenters. The summed E-state index contributed by atoms with van der Waals surface area (Å²) in [6, 6.07) is 2.07. The molecule has 1 N–H and O–H groups in total. The zero-order valence-electron chi connectivity index (χ0n) is 25.4. The lowest BCUT2D eigenvalue weighted by Gasteiger charge is -2.29. The van der Waals surface area contributed by atoms with Gasteiger partial charge in [-0.05, 0) is 62.3 Å². The minimum atomic E-state index is -0.791. The van der Waals surface area contributed by atoms with E-state index in [1.807, 2.05) is 0 Å². The summed E-state index contributed by atoms with van der Waals surface area (Å²) in [7, 11) is 0. The van der Waals surface area contributed by atoms with Crippen molar-refractivity contribution >= 4 is 29.9 Å². The molecule has 41 heavy (non-hydrogen) atoms. The van der Waals surface area contributed by atoms with Gasteiger partial charge in [0, 0.05) is 37.3 Å². The predicted octanol–water partition coefficient (Wildman–Crippen LogP) is 3.24. The third kappa shape index (κ3) is 14.6. The molecule has 0 aliphatic rings. The molecule has 13 nitrogen and oxygen atoms in total. The molecule has 1 rings (SSSR count). The Morgan fingerprint density at radius 1 is 0.805 bits per heavy atom. The summed E-state index contributed by atoms with van der Waals surface area (Å²) in [5.41, 5.74) is -2.95. The molecule has 13 heteroatoms. The summed E-state index contributed by atoms with van der Waals surface area (Å²) < 4.78 is 16.2. The number of phenols is 1. The summed E-state index contributed by atoms with van der Waals surface area (Å²) in [5, 5.41) is 22.0. The van der Waals surface area contributed by atoms with Gasteiger partial charge in [-0.25, -0.2) is 0 Å². The van der Waals surface area contributed by atoms with Crippen molar-refractivity contribution in [3.63, 3.8) is 0 Å². The summed E-state index contributed by atoms with van der Waals surface area (Å²) >= 11 is 0. The molecule has 0 spiro atoms. The quantitative estimate of drug-likeness (QED) is 0.119. The number of rotatable bonds is 13. The van der Waals surface area contributed by atoms with Crippen molar-refractivity contribution < 1.29 is 43.4 Å². The van der Waals surface area contributed by atoms with Crippen molar-refractivity contribution in [1.29, 1.82) is 0 Å². The number of esters is 3. The maximum Gasteiger partial charge on any atom is 0.320 e. The van der Waals surface area contributed by atoms with E-state index in [9.17, 15) is 34.4 Å². The number of nitro benzene ring substituents is 1. The van der Waals surface area contributed by atoms with E-state index < -0.39 is 51.1 Å². The van der Waals surface area contributed by atoms with Crippen molar-refractivity contribution in [2.45, 2.75) is 85.7 Å². The molecule has 0 saturated heterocycles. The molecule has 0 saturated carbocycles. The Bertz CT molecular complexity index is 1080. The number of nitrogens with zero attached hydrogens (tertiary/aromatic N) is 3. The Hall–Kier alpha value is -3.58. The van der Waals surface area contributed by atoms with Crippen molar-refractivity contribution in [2.75, 3.05) is 32.7 Å². The van der Waals surface area contributed by atoms with Crippen molar-refractivity contribution in [3.8, 4) is 5.75 Å². The second-order valence-electron chi connectivity index (χ2n) is 12.6. The van der Waals surface area contributed by atoms with Gasteiger partial charge in [-0.15, -0.1) is 0 Å². The minimum Gasteiger partial charge on any atom is -0.507 e. The van der Waals surface area contributed by atoms with Gasteiger partial charge in [-0.3, -0.25) is 39.1 Å². The van der Waals surface area contributed by atoms with Gasteiger partial charge in [0.1, 0.15) is 22.6 Å². The average molecular weight is 582 g/mol. The van der Waals surface area contributed by atoms with Gasteiger partial charge in [-0.2, -0.15) is 0 Å². The number of ether oxygens (including phenoxy) is 3. The normalized spacial score (nSPS) is 12.3. The van der Waals surface area contributed by atoms with E-state index in [1.54, 1.807) is 62.3 Å². The minimum absolute atomic E-state index is 0.0377. The molecule has 0 fully saturated rings. The van der Waals surface area contributed by atoms with E-state index in [1.165, 1.54) is 9.80 Å². The van der Waals surface area contributed by atoms with E-state index in [0.717, 1.165) is 12.1 Å². The molecule has 0 heterocycles. The summed E-state index contributed by atoms with van der Waals surface area (Å²) in [6.07, 6.45) is 0.299. The number of aromatic hydroxyl groups is 1. The number of carbonyl (C=O) groups excluding carboxylic acids is 4. The lowest BCUT2D eigenvalue weighted by Crippen LogP contribution is -2.44. The number of hydrogen-bond donors (Lipinski definition) is 1. The average Bonchev–Trinajstić information content (AvgIpc) is 2.74. The van der Waals surface area contributed by atoms with Crippen LogP contribution in [0.15, 0.2) is 12.1 Å². The highest BCUT2D eigenvalue weighted by molar-refractivity contribution is 5.81. The second-order valence-corrected chi connectivity index (χ2v) is 12.6. The highest BCUT2D eigenvalue weighted by Gasteiger charge is 2.26. The predicted molar refractivity (Wildman–Crippen MR) is 149 cm³/mol. The van der Waals surface area contributed by atoms with Gasteiger partial charge in [0.2, 0.25) is 0 Å². The third-order valence-corrected chi connectivity index (χ3v) is 4.99. The van der Waals surface area contributed by atoms with Crippen LogP contribution < -0.4 is 0 Å². The fraction of sp³-hybridized carbons (Fsp3) is 0.643. The van der Waals surface area contributed by atoms with Gasteiger partial charge in [0.05, 0.1) is 30.1 Å². The van der Waals surface area contributed by atoms with Gasteiger partial charge >= 0.3 is 17.9 Å². The fourth-order valence-electron chi connectivity index (χ4n) is 3.64. The molecular formula is C28H43N3O10. The van der Waals surface area contributed by atoms with Crippen LogP contribution in [0.1, 0.15) is 78.2 Å². The van der Waals surface area contributed by atoms with Crippen LogP contribution >= 0.6 is 0 Å². The van der Waals surface area contributed by atoms with Crippen molar-refractivity contribution in [2.24, 2.45) is 0 Å². The van der Waals surface area contributed by atoms with Crippen LogP contribution in [0.2, 0.25) is 0 Å². The van der Waals surface area contributed by atoms with Crippen LogP contribution in [0, 0.1) is 10.1 Å². The van der Waals surface area contributed by atoms with Crippen LogP contribution in [0.3, 0.4) is 0 Å². The monoisotopic (exact) mass is 581 g/mol. The topological polar surface area (TPSA) is 166 Å². The zero-order chi connectivity index (χ0) is 31.8. The molecule has 230 valence electrons. The highest BCUT2D eigenvalue weighted by atomic mass is 16.6. The van der Waals surface area contributed by atoms with Crippen LogP contribution in [0.4, 0.5) is 5.69 Å². The number of nitro groups is 1. The smallest absolute Gasteiger partial charge is 0.320 e. The summed E-state index contributed by atoms with van der Waals surface area (Å²) in [5.74, 6) is -2.22. The zero-order valence-corrected chi connectivity index (χ0v) is 25.4. The van der Waals surface area contributed by atoms with Crippen LogP contribution in [-0.4, -0.2) is 93.6 Å². The molecule has 0 aliphatic carbocycles. The lowest BCUT2D eigenvalue weighted by molar-refractivity contribution is -0.385. The molecule has 0 bridgehead atoms. The van der Waals surface area contributed by atoms with Crippen LogP contribution in [0.5, 0.6) is 5.75 Å². The first-order valence-electron chi connectivity index (χ1n) is 13.1. The largest absolute Gasteiger partial charge is 0.507 e. The Kier molecular flexibility index (Phi) is 12.4. The third-order valence-electron chi connectivity index (χ3n) is 4.99. The number of non-ortho nitro benzene ring substituents is 1. The molecule has 1 aromatic rings. The van der Waals surface area contributed by atoms with E-state index in [0.29, 0.717) is 6.29 Å². The SMILES string of the molecule is CC(C)(C)OC(=O)CN(CCN(CC(=O)OC(C)(C)C)Cc1cc([N+](=O)[O-])cc(C=O)c1O)CC(=O)OC(C)(C)C. The standard InChI is InChI=1S/C28H43N3O10/c1-26(2,3)39-22(33)15-29(14-19-12-21(31(37)38)13-20(18-32)25(19)36)10-11-30(16-23(34)40-27(4,5)6)17-24(35)41-28(7,8)9/h12-13,18,36H,10-11,14-17H2,1-9H3. The number of benzene rings is 1. The van der Waals surface area contributed by atoms with Crippen molar-refractivity contribution in [1.82, 2.24) is 9.80 Å². The fourth-order valence-corrected chi connectivity index (χ4v) is 3.64. The van der Waals surface area contributed by atoms with Gasteiger partial charge < -0.3 is 19.3 Å². The maximum atomic E-state index is 12.7. The molecular weight excluding hydrogens is 538 g/mol. The first kappa shape index (κ1) is 35.4. The molecule has 0 amide bonds. The summed E-state index contributed by atoms with van der Waals surface area (Å²) in [4.78, 5) is 63.0. The molecule has 0 radical (unpaired) electrons. The number of carbonyl (C=O) groups is 4. The molecule has 0 aliphatic heterocycles. The molecule has 0 aromatic heterocycles. The highest BCUT2D eigenvalue weighted by Crippen LogP contribution is 2.28. The Morgan fingerprint density at radius 3 is 1.56 bits per heavy atom. The van der Waals surface area contributed by atoms with E-state index in [-0.39, 0.29) is 50.4 Å². The van der Waals surface area contributed by atoms with Crippen LogP contribution in [0.25, 0.3) is 0 Å². The van der Waals surface area contributed by atoms with E-state index >= 15 is 0 Å².